The number of thioether (sulfide) groups is 1. The molecule has 1 aromatic rings. The molecule has 2 saturated heterocycles. The molecule has 140 valence electrons. The van der Waals surface area contributed by atoms with Gasteiger partial charge in [-0.05, 0) is 32.0 Å². The lowest BCUT2D eigenvalue weighted by Gasteiger charge is -2.36. The monoisotopic (exact) mass is 432 g/mol. The first kappa shape index (κ1) is 19.9. The summed E-state index contributed by atoms with van der Waals surface area (Å²) in [5.74, 6) is -0.549. The molecule has 0 radical (unpaired) electrons. The quantitative estimate of drug-likeness (QED) is 0.523. The molecule has 2 aliphatic rings. The van der Waals surface area contributed by atoms with Crippen LogP contribution in [0.2, 0.25) is 10.0 Å². The predicted molar refractivity (Wildman–Crippen MR) is 109 cm³/mol. The third kappa shape index (κ3) is 4.17. The number of carbonyl (C=O) groups excluding carboxylic acids is 2. The fourth-order valence-corrected chi connectivity index (χ4v) is 4.88. The van der Waals surface area contributed by atoms with Crippen molar-refractivity contribution in [3.8, 4) is 0 Å². The minimum Gasteiger partial charge on any atom is -0.372 e. The zero-order valence-electron chi connectivity index (χ0n) is 14.3. The molecule has 0 aromatic heterocycles. The minimum absolute atomic E-state index is 0.0749. The second-order valence-corrected chi connectivity index (χ2v) is 9.06. The molecule has 2 aliphatic heterocycles. The van der Waals surface area contributed by atoms with Gasteiger partial charge < -0.3 is 9.64 Å². The second kappa shape index (κ2) is 8.02. The molecule has 0 N–H and O–H groups in total. The summed E-state index contributed by atoms with van der Waals surface area (Å²) in [7, 11) is 0. The topological polar surface area (TPSA) is 49.9 Å². The van der Waals surface area contributed by atoms with Crippen LogP contribution in [-0.4, -0.2) is 51.6 Å². The number of rotatable bonds is 2. The van der Waals surface area contributed by atoms with Gasteiger partial charge in [0.1, 0.15) is 9.57 Å². The van der Waals surface area contributed by atoms with Gasteiger partial charge in [-0.3, -0.25) is 9.59 Å². The summed E-state index contributed by atoms with van der Waals surface area (Å²) in [5, 5.41) is 0.141. The van der Waals surface area contributed by atoms with Crippen LogP contribution in [0, 0.1) is 0 Å². The van der Waals surface area contributed by atoms with Crippen molar-refractivity contribution < 1.29 is 14.3 Å². The van der Waals surface area contributed by atoms with Crippen LogP contribution in [0.4, 0.5) is 5.69 Å². The Hall–Kier alpha value is -0.860. The number of halogens is 2. The van der Waals surface area contributed by atoms with Crippen LogP contribution < -0.4 is 4.90 Å². The van der Waals surface area contributed by atoms with Crippen LogP contribution in [0.15, 0.2) is 18.2 Å². The molecule has 3 unspecified atom stereocenters. The van der Waals surface area contributed by atoms with Crippen LogP contribution in [0.25, 0.3) is 0 Å². The number of hydrogen-bond donors (Lipinski definition) is 0. The number of nitrogens with zero attached hydrogens (tertiary/aromatic N) is 2. The summed E-state index contributed by atoms with van der Waals surface area (Å²) in [6.07, 6.45) is 0.260. The van der Waals surface area contributed by atoms with E-state index in [1.807, 2.05) is 18.7 Å². The molecule has 1 aromatic carbocycles. The average Bonchev–Trinajstić information content (AvgIpc) is 2.83. The van der Waals surface area contributed by atoms with E-state index in [1.165, 1.54) is 17.8 Å². The lowest BCUT2D eigenvalue weighted by atomic mass is 10.2. The molecule has 9 heteroatoms. The maximum absolute atomic E-state index is 12.8. The Bertz CT molecular complexity index is 752. The molecule has 0 bridgehead atoms. The Morgan fingerprint density at radius 2 is 1.85 bits per heavy atom. The van der Waals surface area contributed by atoms with E-state index < -0.39 is 5.25 Å². The molecule has 5 nitrogen and oxygen atoms in total. The highest BCUT2D eigenvalue weighted by atomic mass is 35.5. The predicted octanol–water partition coefficient (Wildman–Crippen LogP) is 3.75. The van der Waals surface area contributed by atoms with E-state index >= 15 is 0 Å². The van der Waals surface area contributed by atoms with E-state index in [2.05, 4.69) is 0 Å². The Morgan fingerprint density at radius 3 is 2.46 bits per heavy atom. The van der Waals surface area contributed by atoms with Crippen molar-refractivity contribution in [1.29, 1.82) is 0 Å². The number of amides is 2. The molecule has 0 saturated carbocycles. The fourth-order valence-electron chi connectivity index (χ4n) is 3.11. The third-order valence-electron chi connectivity index (χ3n) is 4.19. The van der Waals surface area contributed by atoms with Crippen molar-refractivity contribution in [2.75, 3.05) is 18.0 Å². The number of carbonyl (C=O) groups is 2. The van der Waals surface area contributed by atoms with Gasteiger partial charge in [-0.15, -0.1) is 0 Å². The van der Waals surface area contributed by atoms with Gasteiger partial charge in [0.25, 0.3) is 0 Å². The van der Waals surface area contributed by atoms with Gasteiger partial charge in [0.15, 0.2) is 0 Å². The first-order chi connectivity index (χ1) is 12.3. The number of hydrogen-bond acceptors (Lipinski definition) is 5. The molecule has 3 rings (SSSR count). The molecule has 0 aliphatic carbocycles. The van der Waals surface area contributed by atoms with Crippen molar-refractivity contribution in [3.63, 3.8) is 0 Å². The van der Waals surface area contributed by atoms with Gasteiger partial charge in [-0.1, -0.05) is 47.2 Å². The highest BCUT2D eigenvalue weighted by Crippen LogP contribution is 2.34. The van der Waals surface area contributed by atoms with Crippen molar-refractivity contribution in [3.05, 3.63) is 28.2 Å². The Labute approximate surface area is 171 Å². The number of benzene rings is 1. The third-order valence-corrected chi connectivity index (χ3v) is 6.59. The molecule has 2 fully saturated rings. The Morgan fingerprint density at radius 1 is 1.19 bits per heavy atom. The summed E-state index contributed by atoms with van der Waals surface area (Å²) in [4.78, 5) is 28.4. The zero-order valence-corrected chi connectivity index (χ0v) is 17.4. The highest BCUT2D eigenvalue weighted by Gasteiger charge is 2.41. The van der Waals surface area contributed by atoms with Crippen LogP contribution in [-0.2, 0) is 14.3 Å². The maximum atomic E-state index is 12.8. The summed E-state index contributed by atoms with van der Waals surface area (Å²) in [6.45, 7) is 5.35. The van der Waals surface area contributed by atoms with Gasteiger partial charge in [0.05, 0.1) is 27.9 Å². The molecular weight excluding hydrogens is 415 g/mol. The SMILES string of the molecule is CC1CN(C(=S)SC2CC(=O)N(c3ccc(Cl)c(Cl)c3)C2=O)CC(C)O1. The first-order valence-electron chi connectivity index (χ1n) is 8.19. The molecule has 3 atom stereocenters. The summed E-state index contributed by atoms with van der Waals surface area (Å²) < 4.78 is 6.33. The van der Waals surface area contributed by atoms with Crippen LogP contribution in [0.5, 0.6) is 0 Å². The summed E-state index contributed by atoms with van der Waals surface area (Å²) >= 11 is 18.7. The summed E-state index contributed by atoms with van der Waals surface area (Å²) in [6, 6.07) is 4.71. The number of morpholine rings is 1. The van der Waals surface area contributed by atoms with Gasteiger partial charge >= 0.3 is 0 Å². The molecule has 26 heavy (non-hydrogen) atoms. The van der Waals surface area contributed by atoms with Crippen LogP contribution in [0.1, 0.15) is 20.3 Å². The molecule has 2 amide bonds. The largest absolute Gasteiger partial charge is 0.372 e. The zero-order chi connectivity index (χ0) is 19.0. The van der Waals surface area contributed by atoms with E-state index in [0.717, 1.165) is 4.90 Å². The standard InChI is InChI=1S/C17H18Cl2N2O3S2/c1-9-7-20(8-10(2)24-9)17(25)26-14-6-15(22)21(16(14)23)11-3-4-12(18)13(19)5-11/h3-5,9-10,14H,6-8H2,1-2H3. The normalized spacial score (nSPS) is 26.5. The number of anilines is 1. The Kier molecular flexibility index (Phi) is 6.14. The van der Waals surface area contributed by atoms with Gasteiger partial charge in [0, 0.05) is 19.5 Å². The first-order valence-corrected chi connectivity index (χ1v) is 10.2. The molecular formula is C17H18Cl2N2O3S2. The van der Waals surface area contributed by atoms with E-state index in [0.29, 0.717) is 33.1 Å². The van der Waals surface area contributed by atoms with E-state index in [1.54, 1.807) is 12.1 Å². The lowest BCUT2D eigenvalue weighted by molar-refractivity contribution is -0.121. The average molecular weight is 433 g/mol. The number of ether oxygens (including phenoxy) is 1. The van der Waals surface area contributed by atoms with Crippen molar-refractivity contribution in [1.82, 2.24) is 4.90 Å². The minimum atomic E-state index is -0.530. The highest BCUT2D eigenvalue weighted by molar-refractivity contribution is 8.23. The van der Waals surface area contributed by atoms with Gasteiger partial charge in [-0.2, -0.15) is 0 Å². The van der Waals surface area contributed by atoms with Gasteiger partial charge in [-0.25, -0.2) is 4.90 Å². The van der Waals surface area contributed by atoms with Crippen molar-refractivity contribution >= 4 is 69.0 Å². The van der Waals surface area contributed by atoms with E-state index in [9.17, 15) is 9.59 Å². The Balaban J connectivity index is 1.70. The fraction of sp³-hybridized carbons (Fsp3) is 0.471. The van der Waals surface area contributed by atoms with E-state index in [4.69, 9.17) is 40.2 Å². The molecule has 2 heterocycles. The van der Waals surface area contributed by atoms with Crippen molar-refractivity contribution in [2.24, 2.45) is 0 Å². The smallest absolute Gasteiger partial charge is 0.247 e. The van der Waals surface area contributed by atoms with E-state index in [-0.39, 0.29) is 30.4 Å². The maximum Gasteiger partial charge on any atom is 0.247 e. The van der Waals surface area contributed by atoms with Crippen LogP contribution >= 0.6 is 47.2 Å². The second-order valence-electron chi connectivity index (χ2n) is 6.40. The van der Waals surface area contributed by atoms with Crippen LogP contribution in [0.3, 0.4) is 0 Å². The number of thiocarbonyl (C=S) groups is 1. The number of imide groups is 1. The van der Waals surface area contributed by atoms with Crippen molar-refractivity contribution in [2.45, 2.75) is 37.7 Å². The molecule has 0 spiro atoms. The summed E-state index contributed by atoms with van der Waals surface area (Å²) in [5.41, 5.74) is 0.428. The lowest BCUT2D eigenvalue weighted by Crippen LogP contribution is -2.47. The van der Waals surface area contributed by atoms with Gasteiger partial charge in [0.2, 0.25) is 11.8 Å².